The van der Waals surface area contributed by atoms with E-state index in [9.17, 15) is 4.79 Å². The number of allylic oxidation sites excluding steroid dienone is 1. The van der Waals surface area contributed by atoms with Gasteiger partial charge in [0.25, 0.3) is 0 Å². The van der Waals surface area contributed by atoms with Crippen LogP contribution < -0.4 is 0 Å². The molecule has 10 heteroatoms. The molecular weight excluding hydrogens is 660 g/mol. The molecule has 0 aliphatic carbocycles. The molecule has 4 heterocycles. The summed E-state index contributed by atoms with van der Waals surface area (Å²) < 4.78 is 8.98. The number of β-lactam (4-membered cyclic amide) rings is 1. The summed E-state index contributed by atoms with van der Waals surface area (Å²) in [4.78, 5) is 27.5. The standard InChI is InChI=1S/C21H16Br4N4O2/c1-20(2)5-4-12-21(14-10(26-12)6-9(22)15(23)16(14)24)7-13(30)29(21)8-11(31-3)17-18(20)28-19(25)27-17/h4-6,8H,7H2,1-3H3,(H,27,28). The smallest absolute Gasteiger partial charge is 0.230 e. The van der Waals surface area contributed by atoms with Gasteiger partial charge in [-0.3, -0.25) is 14.7 Å². The second-order valence-electron chi connectivity index (χ2n) is 8.18. The summed E-state index contributed by atoms with van der Waals surface area (Å²) in [6, 6.07) is 1.97. The van der Waals surface area contributed by atoms with Crippen LogP contribution in [0.2, 0.25) is 0 Å². The number of hydrogen-bond donors (Lipinski definition) is 1. The number of halogens is 4. The Labute approximate surface area is 212 Å². The van der Waals surface area contributed by atoms with E-state index in [-0.39, 0.29) is 5.91 Å². The molecule has 3 aliphatic rings. The minimum atomic E-state index is -0.712. The summed E-state index contributed by atoms with van der Waals surface area (Å²) in [5.41, 5.74) is 3.03. The minimum absolute atomic E-state index is 0.00886. The van der Waals surface area contributed by atoms with Gasteiger partial charge in [0.1, 0.15) is 11.2 Å². The van der Waals surface area contributed by atoms with Gasteiger partial charge in [-0.2, -0.15) is 0 Å². The van der Waals surface area contributed by atoms with Crippen molar-refractivity contribution in [3.8, 4) is 0 Å². The van der Waals surface area contributed by atoms with Crippen molar-refractivity contribution in [1.82, 2.24) is 14.9 Å². The first-order chi connectivity index (χ1) is 14.6. The summed E-state index contributed by atoms with van der Waals surface area (Å²) in [6.07, 6.45) is 6.19. The van der Waals surface area contributed by atoms with Crippen molar-refractivity contribution in [3.63, 3.8) is 0 Å². The average molecular weight is 676 g/mol. The van der Waals surface area contributed by atoms with Gasteiger partial charge in [0.15, 0.2) is 10.5 Å². The highest BCUT2D eigenvalue weighted by molar-refractivity contribution is 9.14. The maximum Gasteiger partial charge on any atom is 0.230 e. The second kappa shape index (κ2) is 7.13. The number of nitrogens with one attached hydrogen (secondary N) is 1. The number of ether oxygens (including phenoxy) is 1. The highest BCUT2D eigenvalue weighted by atomic mass is 79.9. The first-order valence-corrected chi connectivity index (χ1v) is 12.6. The van der Waals surface area contributed by atoms with E-state index in [1.165, 1.54) is 0 Å². The van der Waals surface area contributed by atoms with Gasteiger partial charge in [-0.15, -0.1) is 0 Å². The molecule has 2 aromatic rings. The predicted molar refractivity (Wildman–Crippen MR) is 133 cm³/mol. The molecule has 0 radical (unpaired) electrons. The topological polar surface area (TPSA) is 70.6 Å². The van der Waals surface area contributed by atoms with E-state index in [1.807, 2.05) is 12.1 Å². The number of rotatable bonds is 1. The molecule has 1 N–H and O–H groups in total. The van der Waals surface area contributed by atoms with Crippen LogP contribution in [-0.4, -0.2) is 33.6 Å². The van der Waals surface area contributed by atoms with Crippen LogP contribution in [0.5, 0.6) is 0 Å². The van der Waals surface area contributed by atoms with Gasteiger partial charge in [0.2, 0.25) is 5.91 Å². The number of aromatic nitrogens is 2. The summed E-state index contributed by atoms with van der Waals surface area (Å²) in [7, 11) is 1.59. The molecule has 1 amide bonds. The molecule has 5 rings (SSSR count). The average Bonchev–Trinajstić information content (AvgIpc) is 3.25. The maximum atomic E-state index is 12.9. The van der Waals surface area contributed by atoms with E-state index in [2.05, 4.69) is 93.6 Å². The van der Waals surface area contributed by atoms with Gasteiger partial charge in [-0.05, 0) is 75.9 Å². The Hall–Kier alpha value is -1.23. The van der Waals surface area contributed by atoms with E-state index < -0.39 is 11.0 Å². The van der Waals surface area contributed by atoms with Crippen LogP contribution in [0.4, 0.5) is 5.69 Å². The zero-order valence-corrected chi connectivity index (χ0v) is 23.0. The highest BCUT2D eigenvalue weighted by Crippen LogP contribution is 2.57. The molecular formula is C21H16Br4N4O2. The number of aromatic amines is 1. The van der Waals surface area contributed by atoms with Gasteiger partial charge < -0.3 is 9.72 Å². The Kier molecular flexibility index (Phi) is 4.97. The van der Waals surface area contributed by atoms with Crippen molar-refractivity contribution in [2.75, 3.05) is 7.11 Å². The number of carbonyl (C=O) groups is 1. The molecule has 3 aliphatic heterocycles. The zero-order chi connectivity index (χ0) is 22.3. The summed E-state index contributed by atoms with van der Waals surface area (Å²) in [6.45, 7) is 4.20. The van der Waals surface area contributed by atoms with Gasteiger partial charge >= 0.3 is 0 Å². The van der Waals surface area contributed by atoms with Crippen LogP contribution >= 0.6 is 63.7 Å². The SMILES string of the molecule is COC1=CN2C(=O)CC23C(=Nc2cc(Br)c(Br)c(Br)c23)C=CC(C)(C)c2[nH]c(Br)nc21. The number of H-pyrrole nitrogens is 1. The maximum absolute atomic E-state index is 12.9. The second-order valence-corrected chi connectivity index (χ2v) is 11.4. The largest absolute Gasteiger partial charge is 0.493 e. The van der Waals surface area contributed by atoms with Crippen LogP contribution in [0.15, 0.2) is 47.6 Å². The van der Waals surface area contributed by atoms with Crippen molar-refractivity contribution < 1.29 is 9.53 Å². The fourth-order valence-electron chi connectivity index (χ4n) is 4.39. The summed E-state index contributed by atoms with van der Waals surface area (Å²) in [5, 5.41) is 0. The molecule has 1 atom stereocenters. The molecule has 6 nitrogen and oxygen atoms in total. The summed E-state index contributed by atoms with van der Waals surface area (Å²) in [5.74, 6) is 0.498. The molecule has 1 fully saturated rings. The van der Waals surface area contributed by atoms with Crippen molar-refractivity contribution in [3.05, 3.63) is 59.5 Å². The fraction of sp³-hybridized carbons (Fsp3) is 0.286. The van der Waals surface area contributed by atoms with Crippen LogP contribution in [0.1, 0.15) is 37.2 Å². The molecule has 1 aromatic heterocycles. The number of hydrogen-bond acceptors (Lipinski definition) is 4. The predicted octanol–water partition coefficient (Wildman–Crippen LogP) is 6.47. The fourth-order valence-corrected chi connectivity index (χ4v) is 6.51. The van der Waals surface area contributed by atoms with Crippen molar-refractivity contribution in [2.45, 2.75) is 31.2 Å². The van der Waals surface area contributed by atoms with Gasteiger partial charge in [-0.25, -0.2) is 4.98 Å². The first-order valence-electron chi connectivity index (χ1n) is 9.41. The molecule has 1 saturated heterocycles. The van der Waals surface area contributed by atoms with Crippen molar-refractivity contribution in [1.29, 1.82) is 0 Å². The normalized spacial score (nSPS) is 23.2. The molecule has 1 unspecified atom stereocenters. The number of aliphatic imine (C=N–C) groups is 1. The van der Waals surface area contributed by atoms with E-state index in [0.29, 0.717) is 22.6 Å². The van der Waals surface area contributed by atoms with Crippen molar-refractivity contribution in [2.24, 2.45) is 4.99 Å². The number of carbonyl (C=O) groups excluding carboxylic acids is 1. The Morgan fingerprint density at radius 3 is 2.61 bits per heavy atom. The number of benzene rings is 1. The third-order valence-electron chi connectivity index (χ3n) is 5.98. The highest BCUT2D eigenvalue weighted by Gasteiger charge is 2.59. The lowest BCUT2D eigenvalue weighted by Crippen LogP contribution is -2.61. The Morgan fingerprint density at radius 2 is 1.94 bits per heavy atom. The van der Waals surface area contributed by atoms with E-state index in [4.69, 9.17) is 9.73 Å². The zero-order valence-electron chi connectivity index (χ0n) is 16.7. The monoisotopic (exact) mass is 672 g/mol. The van der Waals surface area contributed by atoms with E-state index in [1.54, 1.807) is 18.2 Å². The number of nitrogens with zero attached hydrogens (tertiary/aromatic N) is 3. The molecule has 160 valence electrons. The number of imidazole rings is 1. The minimum Gasteiger partial charge on any atom is -0.493 e. The van der Waals surface area contributed by atoms with Crippen LogP contribution in [-0.2, 0) is 20.5 Å². The third kappa shape index (κ3) is 2.94. The molecule has 0 bridgehead atoms. The Balaban J connectivity index is 1.83. The van der Waals surface area contributed by atoms with E-state index in [0.717, 1.165) is 36.1 Å². The Bertz CT molecular complexity index is 1260. The lowest BCUT2D eigenvalue weighted by molar-refractivity contribution is -0.145. The Morgan fingerprint density at radius 1 is 1.19 bits per heavy atom. The van der Waals surface area contributed by atoms with Gasteiger partial charge in [0, 0.05) is 24.4 Å². The summed E-state index contributed by atoms with van der Waals surface area (Å²) >= 11 is 14.4. The lowest BCUT2D eigenvalue weighted by atomic mass is 9.74. The lowest BCUT2D eigenvalue weighted by Gasteiger charge is -2.49. The first kappa shape index (κ1) is 21.6. The quantitative estimate of drug-likeness (QED) is 0.279. The van der Waals surface area contributed by atoms with Crippen LogP contribution in [0.3, 0.4) is 0 Å². The molecule has 1 spiro atoms. The van der Waals surface area contributed by atoms with Crippen LogP contribution in [0.25, 0.3) is 5.76 Å². The number of methoxy groups -OCH3 is 1. The number of fused-ring (bicyclic) bond motifs is 2. The molecule has 1 aromatic carbocycles. The van der Waals surface area contributed by atoms with Gasteiger partial charge in [-0.1, -0.05) is 19.9 Å². The van der Waals surface area contributed by atoms with Gasteiger partial charge in [0.05, 0.1) is 36.8 Å². The van der Waals surface area contributed by atoms with E-state index >= 15 is 0 Å². The molecule has 31 heavy (non-hydrogen) atoms. The number of amides is 1. The van der Waals surface area contributed by atoms with Crippen molar-refractivity contribution >= 4 is 86.8 Å². The molecule has 0 saturated carbocycles. The van der Waals surface area contributed by atoms with Crippen LogP contribution in [0, 0.1) is 0 Å². The third-order valence-corrected chi connectivity index (χ3v) is 9.67.